The van der Waals surface area contributed by atoms with E-state index in [2.05, 4.69) is 0 Å². The molecule has 0 atom stereocenters. The SMILES string of the molecule is CCN(C(=O)Cc1c(O)c2c(Cl)cccc2n(C)c1=O)c1ccc(Cl)cc1. The van der Waals surface area contributed by atoms with Gasteiger partial charge in [0.15, 0.2) is 0 Å². The van der Waals surface area contributed by atoms with E-state index in [0.29, 0.717) is 33.2 Å². The lowest BCUT2D eigenvalue weighted by molar-refractivity contribution is -0.118. The van der Waals surface area contributed by atoms with Crippen LogP contribution in [-0.2, 0) is 18.3 Å². The first-order chi connectivity index (χ1) is 12.8. The molecule has 3 rings (SSSR count). The van der Waals surface area contributed by atoms with Crippen LogP contribution in [0.1, 0.15) is 12.5 Å². The predicted molar refractivity (Wildman–Crippen MR) is 109 cm³/mol. The molecule has 7 heteroatoms. The quantitative estimate of drug-likeness (QED) is 0.710. The second kappa shape index (κ2) is 7.62. The van der Waals surface area contributed by atoms with E-state index in [1.54, 1.807) is 49.5 Å². The van der Waals surface area contributed by atoms with Gasteiger partial charge < -0.3 is 14.6 Å². The van der Waals surface area contributed by atoms with Crippen LogP contribution in [-0.4, -0.2) is 22.1 Å². The molecule has 5 nitrogen and oxygen atoms in total. The topological polar surface area (TPSA) is 62.5 Å². The Bertz CT molecular complexity index is 1080. The van der Waals surface area contributed by atoms with Gasteiger partial charge in [-0.25, -0.2) is 0 Å². The second-order valence-electron chi connectivity index (χ2n) is 6.12. The zero-order valence-corrected chi connectivity index (χ0v) is 16.4. The van der Waals surface area contributed by atoms with Crippen molar-refractivity contribution in [2.45, 2.75) is 13.3 Å². The maximum Gasteiger partial charge on any atom is 0.258 e. The number of fused-ring (bicyclic) bond motifs is 1. The third-order valence-corrected chi connectivity index (χ3v) is 5.09. The van der Waals surface area contributed by atoms with Crippen molar-refractivity contribution in [1.82, 2.24) is 4.57 Å². The van der Waals surface area contributed by atoms with E-state index in [9.17, 15) is 14.7 Å². The largest absolute Gasteiger partial charge is 0.507 e. The normalized spacial score (nSPS) is 11.0. The summed E-state index contributed by atoms with van der Waals surface area (Å²) in [4.78, 5) is 27.1. The van der Waals surface area contributed by atoms with Crippen molar-refractivity contribution in [3.05, 3.63) is 68.4 Å². The molecule has 27 heavy (non-hydrogen) atoms. The number of aromatic nitrogens is 1. The van der Waals surface area contributed by atoms with E-state index in [0.717, 1.165) is 0 Å². The highest BCUT2D eigenvalue weighted by Gasteiger charge is 2.22. The summed E-state index contributed by atoms with van der Waals surface area (Å²) in [6.07, 6.45) is -0.240. The van der Waals surface area contributed by atoms with Gasteiger partial charge in [0, 0.05) is 24.3 Å². The number of hydrogen-bond acceptors (Lipinski definition) is 3. The van der Waals surface area contributed by atoms with E-state index in [1.807, 2.05) is 6.92 Å². The highest BCUT2D eigenvalue weighted by molar-refractivity contribution is 6.36. The molecular formula is C20H18Cl2N2O3. The maximum absolute atomic E-state index is 12.9. The average molecular weight is 405 g/mol. The van der Waals surface area contributed by atoms with Gasteiger partial charge >= 0.3 is 0 Å². The van der Waals surface area contributed by atoms with Crippen molar-refractivity contribution < 1.29 is 9.90 Å². The van der Waals surface area contributed by atoms with Gasteiger partial charge in [-0.2, -0.15) is 0 Å². The minimum atomic E-state index is -0.428. The fraction of sp³-hybridized carbons (Fsp3) is 0.200. The van der Waals surface area contributed by atoms with Gasteiger partial charge in [0.25, 0.3) is 5.56 Å². The second-order valence-corrected chi connectivity index (χ2v) is 6.96. The van der Waals surface area contributed by atoms with E-state index in [1.165, 1.54) is 9.47 Å². The molecule has 0 unspecified atom stereocenters. The van der Waals surface area contributed by atoms with Crippen LogP contribution in [0, 0.1) is 0 Å². The lowest BCUT2D eigenvalue weighted by Crippen LogP contribution is -2.34. The summed E-state index contributed by atoms with van der Waals surface area (Å²) in [6.45, 7) is 2.25. The zero-order valence-electron chi connectivity index (χ0n) is 14.9. The number of benzene rings is 2. The van der Waals surface area contributed by atoms with Gasteiger partial charge in [-0.1, -0.05) is 29.3 Å². The summed E-state index contributed by atoms with van der Waals surface area (Å²) in [5.41, 5.74) is 0.770. The molecule has 0 spiro atoms. The zero-order chi connectivity index (χ0) is 19.7. The number of aromatic hydroxyl groups is 1. The number of aryl methyl sites for hydroxylation is 1. The molecule has 0 radical (unpaired) electrons. The molecule has 140 valence electrons. The molecule has 1 aromatic heterocycles. The molecule has 1 N–H and O–H groups in total. The van der Waals surface area contributed by atoms with E-state index in [4.69, 9.17) is 23.2 Å². The standard InChI is InChI=1S/C20H18Cl2N2O3/c1-3-24(13-9-7-12(21)8-10-13)17(25)11-14-19(26)18-15(22)5-4-6-16(18)23(2)20(14)27/h4-10,26H,3,11H2,1-2H3. The molecule has 0 aliphatic heterocycles. The summed E-state index contributed by atoms with van der Waals surface area (Å²) in [5, 5.41) is 11.9. The molecule has 0 saturated carbocycles. The summed E-state index contributed by atoms with van der Waals surface area (Å²) in [6, 6.07) is 11.9. The number of hydrogen-bond donors (Lipinski definition) is 1. The lowest BCUT2D eigenvalue weighted by atomic mass is 10.1. The lowest BCUT2D eigenvalue weighted by Gasteiger charge is -2.22. The summed E-state index contributed by atoms with van der Waals surface area (Å²) >= 11 is 12.1. The number of nitrogens with zero attached hydrogens (tertiary/aromatic N) is 2. The average Bonchev–Trinajstić information content (AvgIpc) is 2.65. The van der Waals surface area contributed by atoms with Crippen LogP contribution >= 0.6 is 23.2 Å². The molecule has 0 aliphatic carbocycles. The molecule has 3 aromatic rings. The molecular weight excluding hydrogens is 387 g/mol. The van der Waals surface area contributed by atoms with Crippen LogP contribution in [0.15, 0.2) is 47.3 Å². The Balaban J connectivity index is 2.05. The monoisotopic (exact) mass is 404 g/mol. The highest BCUT2D eigenvalue weighted by atomic mass is 35.5. The van der Waals surface area contributed by atoms with Crippen molar-refractivity contribution >= 4 is 45.7 Å². The van der Waals surface area contributed by atoms with E-state index < -0.39 is 5.56 Å². The minimum absolute atomic E-state index is 0.0236. The van der Waals surface area contributed by atoms with Crippen LogP contribution in [0.2, 0.25) is 10.0 Å². The van der Waals surface area contributed by atoms with Gasteiger partial charge in [-0.15, -0.1) is 0 Å². The Morgan fingerprint density at radius 1 is 1.15 bits per heavy atom. The summed E-state index contributed by atoms with van der Waals surface area (Å²) in [5.74, 6) is -0.558. The van der Waals surface area contributed by atoms with E-state index >= 15 is 0 Å². The molecule has 0 fully saturated rings. The van der Waals surface area contributed by atoms with Gasteiger partial charge in [-0.3, -0.25) is 9.59 Å². The Kier molecular flexibility index (Phi) is 5.44. The van der Waals surface area contributed by atoms with Crippen molar-refractivity contribution in [3.63, 3.8) is 0 Å². The first kappa shape index (κ1) is 19.3. The third-order valence-electron chi connectivity index (χ3n) is 4.52. The fourth-order valence-electron chi connectivity index (χ4n) is 3.12. The number of pyridine rings is 1. The van der Waals surface area contributed by atoms with Gasteiger partial charge in [-0.05, 0) is 43.3 Å². The third kappa shape index (κ3) is 3.53. The number of amides is 1. The minimum Gasteiger partial charge on any atom is -0.507 e. The summed E-state index contributed by atoms with van der Waals surface area (Å²) < 4.78 is 1.39. The van der Waals surface area contributed by atoms with Crippen LogP contribution in [0.4, 0.5) is 5.69 Å². The maximum atomic E-state index is 12.9. The molecule has 0 saturated heterocycles. The Hall–Kier alpha value is -2.50. The molecule has 1 amide bonds. The van der Waals surface area contributed by atoms with Crippen LogP contribution in [0.5, 0.6) is 5.75 Å². The van der Waals surface area contributed by atoms with E-state index in [-0.39, 0.29) is 23.6 Å². The number of anilines is 1. The van der Waals surface area contributed by atoms with Gasteiger partial charge in [0.05, 0.1) is 27.9 Å². The molecule has 0 aliphatic rings. The Morgan fingerprint density at radius 2 is 1.81 bits per heavy atom. The van der Waals surface area contributed by atoms with Crippen molar-refractivity contribution in [3.8, 4) is 5.75 Å². The van der Waals surface area contributed by atoms with Crippen LogP contribution in [0.25, 0.3) is 10.9 Å². The number of carbonyl (C=O) groups is 1. The smallest absolute Gasteiger partial charge is 0.258 e. The van der Waals surface area contributed by atoms with Crippen molar-refractivity contribution in [2.75, 3.05) is 11.4 Å². The van der Waals surface area contributed by atoms with Crippen LogP contribution < -0.4 is 10.5 Å². The molecule has 0 bridgehead atoms. The fourth-order valence-corrected chi connectivity index (χ4v) is 3.51. The van der Waals surface area contributed by atoms with Gasteiger partial charge in [0.2, 0.25) is 5.91 Å². The molecule has 1 heterocycles. The van der Waals surface area contributed by atoms with Crippen LogP contribution in [0.3, 0.4) is 0 Å². The van der Waals surface area contributed by atoms with Gasteiger partial charge in [0.1, 0.15) is 5.75 Å². The van der Waals surface area contributed by atoms with Crippen molar-refractivity contribution in [2.24, 2.45) is 7.05 Å². The number of halogens is 2. The number of rotatable bonds is 4. The van der Waals surface area contributed by atoms with Crippen molar-refractivity contribution in [1.29, 1.82) is 0 Å². The number of carbonyl (C=O) groups excluding carboxylic acids is 1. The first-order valence-electron chi connectivity index (χ1n) is 8.40. The Labute approximate surface area is 166 Å². The Morgan fingerprint density at radius 3 is 2.44 bits per heavy atom. The predicted octanol–water partition coefficient (Wildman–Crippen LogP) is 4.15. The molecule has 2 aromatic carbocycles. The highest BCUT2D eigenvalue weighted by Crippen LogP contribution is 2.32. The number of likely N-dealkylation sites (N-methyl/N-ethyl adjacent to an activating group) is 1. The first-order valence-corrected chi connectivity index (χ1v) is 9.15. The summed E-state index contributed by atoms with van der Waals surface area (Å²) in [7, 11) is 1.59.